The molecular formula is C23H26N2O3. The molecule has 0 aliphatic carbocycles. The van der Waals surface area contributed by atoms with E-state index in [4.69, 9.17) is 9.47 Å². The van der Waals surface area contributed by atoms with Crippen LogP contribution in [-0.4, -0.2) is 23.8 Å². The molecule has 5 nitrogen and oxygen atoms in total. The molecule has 2 heterocycles. The van der Waals surface area contributed by atoms with Crippen LogP contribution in [0.2, 0.25) is 0 Å². The van der Waals surface area contributed by atoms with Gasteiger partial charge in [0.25, 0.3) is 0 Å². The summed E-state index contributed by atoms with van der Waals surface area (Å²) in [6.45, 7) is 3.09. The lowest BCUT2D eigenvalue weighted by atomic mass is 9.87. The van der Waals surface area contributed by atoms with Crippen LogP contribution in [0.4, 0.5) is 0 Å². The van der Waals surface area contributed by atoms with Gasteiger partial charge in [0, 0.05) is 43.0 Å². The summed E-state index contributed by atoms with van der Waals surface area (Å²) in [7, 11) is 2.05. The highest BCUT2D eigenvalue weighted by molar-refractivity contribution is 5.86. The van der Waals surface area contributed by atoms with Crippen LogP contribution in [0.25, 0.3) is 10.9 Å². The monoisotopic (exact) mass is 378 g/mol. The van der Waals surface area contributed by atoms with Crippen molar-refractivity contribution < 1.29 is 14.3 Å². The fraction of sp³-hybridized carbons (Fsp3) is 0.348. The summed E-state index contributed by atoms with van der Waals surface area (Å²) in [6, 6.07) is 14.3. The van der Waals surface area contributed by atoms with Crippen molar-refractivity contribution in [1.29, 1.82) is 0 Å². The van der Waals surface area contributed by atoms with Crippen LogP contribution in [0.5, 0.6) is 11.5 Å². The van der Waals surface area contributed by atoms with Crippen LogP contribution >= 0.6 is 0 Å². The number of rotatable bonds is 7. The molecule has 2 aromatic carbocycles. The Hall–Kier alpha value is -2.95. The maximum Gasteiger partial charge on any atom is 0.231 e. The molecule has 1 atom stereocenters. The number of para-hydroxylation sites is 1. The van der Waals surface area contributed by atoms with E-state index >= 15 is 0 Å². The van der Waals surface area contributed by atoms with Gasteiger partial charge in [-0.15, -0.1) is 0 Å². The van der Waals surface area contributed by atoms with E-state index in [1.165, 1.54) is 5.39 Å². The molecule has 0 saturated carbocycles. The number of hydrogen-bond acceptors (Lipinski definition) is 3. The second kappa shape index (κ2) is 7.97. The Kier molecular flexibility index (Phi) is 5.24. The van der Waals surface area contributed by atoms with Crippen LogP contribution in [0, 0.1) is 0 Å². The molecule has 0 bridgehead atoms. The average molecular weight is 378 g/mol. The van der Waals surface area contributed by atoms with Crippen LogP contribution in [0.3, 0.4) is 0 Å². The average Bonchev–Trinajstić information content (AvgIpc) is 3.31. The van der Waals surface area contributed by atoms with Crippen LogP contribution in [0.1, 0.15) is 43.2 Å². The molecule has 1 unspecified atom stereocenters. The normalized spacial score (nSPS) is 13.6. The minimum absolute atomic E-state index is 0.0535. The van der Waals surface area contributed by atoms with Crippen molar-refractivity contribution in [2.75, 3.05) is 13.3 Å². The van der Waals surface area contributed by atoms with Gasteiger partial charge >= 0.3 is 0 Å². The molecular weight excluding hydrogens is 352 g/mol. The highest BCUT2D eigenvalue weighted by Gasteiger charge is 2.24. The SMILES string of the molecule is CCCCNC(=O)CC(c1ccc2c(c1)OCO2)c1cn(C)c2ccccc12. The second-order valence-electron chi connectivity index (χ2n) is 7.29. The Morgan fingerprint density at radius 3 is 2.86 bits per heavy atom. The minimum atomic E-state index is -0.0535. The summed E-state index contributed by atoms with van der Waals surface area (Å²) in [6.07, 6.45) is 4.60. The summed E-state index contributed by atoms with van der Waals surface area (Å²) >= 11 is 0. The topological polar surface area (TPSA) is 52.5 Å². The number of aromatic nitrogens is 1. The summed E-state index contributed by atoms with van der Waals surface area (Å²) < 4.78 is 13.2. The highest BCUT2D eigenvalue weighted by Crippen LogP contribution is 2.39. The van der Waals surface area contributed by atoms with E-state index in [0.717, 1.165) is 47.5 Å². The van der Waals surface area contributed by atoms with Crippen LogP contribution in [0.15, 0.2) is 48.7 Å². The molecule has 146 valence electrons. The number of hydrogen-bond donors (Lipinski definition) is 1. The van der Waals surface area contributed by atoms with Crippen molar-refractivity contribution in [3.63, 3.8) is 0 Å². The van der Waals surface area contributed by atoms with Gasteiger partial charge in [-0.25, -0.2) is 0 Å². The number of nitrogens with zero attached hydrogens (tertiary/aromatic N) is 1. The first-order valence-corrected chi connectivity index (χ1v) is 9.87. The molecule has 0 saturated heterocycles. The van der Waals surface area contributed by atoms with Gasteiger partial charge in [-0.3, -0.25) is 4.79 Å². The summed E-state index contributed by atoms with van der Waals surface area (Å²) in [5, 5.41) is 4.23. The van der Waals surface area contributed by atoms with Crippen LogP contribution < -0.4 is 14.8 Å². The standard InChI is InChI=1S/C23H26N2O3/c1-3-4-11-24-23(26)13-18(16-9-10-21-22(12-16)28-15-27-21)19-14-25(2)20-8-6-5-7-17(19)20/h5-10,12,14,18H,3-4,11,13,15H2,1-2H3,(H,24,26). The molecule has 0 radical (unpaired) electrons. The number of benzene rings is 2. The van der Waals surface area contributed by atoms with E-state index in [0.29, 0.717) is 6.42 Å². The molecule has 1 aliphatic rings. The number of amides is 1. The minimum Gasteiger partial charge on any atom is -0.454 e. The lowest BCUT2D eigenvalue weighted by Gasteiger charge is -2.18. The molecule has 1 amide bonds. The number of ether oxygens (including phenoxy) is 2. The number of nitrogens with one attached hydrogen (secondary N) is 1. The van der Waals surface area contributed by atoms with E-state index in [1.54, 1.807) is 0 Å². The van der Waals surface area contributed by atoms with Crippen molar-refractivity contribution in [3.05, 3.63) is 59.8 Å². The van der Waals surface area contributed by atoms with Crippen molar-refractivity contribution in [1.82, 2.24) is 9.88 Å². The van der Waals surface area contributed by atoms with Gasteiger partial charge in [0.1, 0.15) is 0 Å². The maximum atomic E-state index is 12.7. The van der Waals surface area contributed by atoms with Gasteiger partial charge in [0.05, 0.1) is 0 Å². The van der Waals surface area contributed by atoms with Gasteiger partial charge in [-0.05, 0) is 35.7 Å². The molecule has 1 aliphatic heterocycles. The van der Waals surface area contributed by atoms with E-state index < -0.39 is 0 Å². The molecule has 5 heteroatoms. The van der Waals surface area contributed by atoms with Gasteiger partial charge in [0.15, 0.2) is 11.5 Å². The van der Waals surface area contributed by atoms with Gasteiger partial charge in [-0.1, -0.05) is 37.6 Å². The molecule has 1 aromatic heterocycles. The van der Waals surface area contributed by atoms with Crippen molar-refractivity contribution in [2.45, 2.75) is 32.1 Å². The first kappa shape index (κ1) is 18.4. The highest BCUT2D eigenvalue weighted by atomic mass is 16.7. The number of unbranched alkanes of at least 4 members (excludes halogenated alkanes) is 1. The third-order valence-corrected chi connectivity index (χ3v) is 5.34. The summed E-state index contributed by atoms with van der Waals surface area (Å²) in [5.74, 6) is 1.52. The first-order chi connectivity index (χ1) is 13.7. The molecule has 3 aromatic rings. The Labute approximate surface area is 165 Å². The summed E-state index contributed by atoms with van der Waals surface area (Å²) in [5.41, 5.74) is 3.38. The van der Waals surface area contributed by atoms with E-state index in [1.807, 2.05) is 37.4 Å². The maximum absolute atomic E-state index is 12.7. The van der Waals surface area contributed by atoms with Crippen LogP contribution in [-0.2, 0) is 11.8 Å². The van der Waals surface area contributed by atoms with Gasteiger partial charge in [0.2, 0.25) is 12.7 Å². The predicted octanol–water partition coefficient (Wildman–Crippen LogP) is 4.35. The third kappa shape index (κ3) is 3.57. The van der Waals surface area contributed by atoms with Gasteiger partial charge in [-0.2, -0.15) is 0 Å². The summed E-state index contributed by atoms with van der Waals surface area (Å²) in [4.78, 5) is 12.7. The zero-order chi connectivity index (χ0) is 19.5. The van der Waals surface area contributed by atoms with E-state index in [-0.39, 0.29) is 18.6 Å². The smallest absolute Gasteiger partial charge is 0.231 e. The van der Waals surface area contributed by atoms with Crippen molar-refractivity contribution in [2.24, 2.45) is 7.05 Å². The fourth-order valence-electron chi connectivity index (χ4n) is 3.85. The molecule has 4 rings (SSSR count). The molecule has 1 N–H and O–H groups in total. The number of fused-ring (bicyclic) bond motifs is 2. The Morgan fingerprint density at radius 2 is 2.00 bits per heavy atom. The zero-order valence-electron chi connectivity index (χ0n) is 16.4. The van der Waals surface area contributed by atoms with E-state index in [2.05, 4.69) is 35.1 Å². The largest absolute Gasteiger partial charge is 0.454 e. The Balaban J connectivity index is 1.72. The van der Waals surface area contributed by atoms with Crippen molar-refractivity contribution in [3.8, 4) is 11.5 Å². The number of carbonyl (C=O) groups excluding carboxylic acids is 1. The quantitative estimate of drug-likeness (QED) is 0.622. The zero-order valence-corrected chi connectivity index (χ0v) is 16.4. The first-order valence-electron chi connectivity index (χ1n) is 9.87. The second-order valence-corrected chi connectivity index (χ2v) is 7.29. The predicted molar refractivity (Wildman–Crippen MR) is 110 cm³/mol. The van der Waals surface area contributed by atoms with Gasteiger partial charge < -0.3 is 19.4 Å². The number of carbonyl (C=O) groups is 1. The fourth-order valence-corrected chi connectivity index (χ4v) is 3.85. The molecule has 0 spiro atoms. The van der Waals surface area contributed by atoms with Crippen molar-refractivity contribution >= 4 is 16.8 Å². The lowest BCUT2D eigenvalue weighted by molar-refractivity contribution is -0.121. The Morgan fingerprint density at radius 1 is 1.18 bits per heavy atom. The molecule has 0 fully saturated rings. The third-order valence-electron chi connectivity index (χ3n) is 5.34. The Bertz CT molecular complexity index is 993. The molecule has 28 heavy (non-hydrogen) atoms. The number of aryl methyl sites for hydroxylation is 1. The van der Waals surface area contributed by atoms with E-state index in [9.17, 15) is 4.79 Å². The lowest BCUT2D eigenvalue weighted by Crippen LogP contribution is -2.26.